The van der Waals surface area contributed by atoms with Crippen LogP contribution in [0.2, 0.25) is 0 Å². The van der Waals surface area contributed by atoms with Gasteiger partial charge in [0.1, 0.15) is 17.3 Å². The van der Waals surface area contributed by atoms with E-state index in [-0.39, 0.29) is 18.4 Å². The van der Waals surface area contributed by atoms with E-state index < -0.39 is 23.2 Å². The Hall–Kier alpha value is -1.49. The van der Waals surface area contributed by atoms with Crippen LogP contribution in [0.15, 0.2) is 18.2 Å². The minimum atomic E-state index is -0.795. The maximum absolute atomic E-state index is 13.2. The van der Waals surface area contributed by atoms with Crippen LogP contribution in [0.25, 0.3) is 0 Å². The predicted molar refractivity (Wildman–Crippen MR) is 62.4 cm³/mol. The standard InChI is InChI=1S/C12H16F2N2O/c1-7(2)10(15)6-11(17)16-12-8(13)4-3-5-9(12)14/h3-5,7,10H,6,15H2,1-2H3,(H,16,17). The maximum atomic E-state index is 13.2. The zero-order chi connectivity index (χ0) is 13.0. The molecule has 0 spiro atoms. The zero-order valence-corrected chi connectivity index (χ0v) is 9.84. The van der Waals surface area contributed by atoms with Crippen molar-refractivity contribution in [3.05, 3.63) is 29.8 Å². The van der Waals surface area contributed by atoms with Crippen LogP contribution in [0.5, 0.6) is 0 Å². The van der Waals surface area contributed by atoms with Crippen LogP contribution in [0.1, 0.15) is 20.3 Å². The molecule has 0 fully saturated rings. The van der Waals surface area contributed by atoms with Crippen molar-refractivity contribution in [1.82, 2.24) is 0 Å². The predicted octanol–water partition coefficient (Wildman–Crippen LogP) is 2.28. The van der Waals surface area contributed by atoms with Gasteiger partial charge >= 0.3 is 0 Å². The van der Waals surface area contributed by atoms with Crippen molar-refractivity contribution in [2.24, 2.45) is 11.7 Å². The Labute approximate surface area is 99.0 Å². The Kier molecular flexibility index (Phi) is 4.57. The molecule has 17 heavy (non-hydrogen) atoms. The van der Waals surface area contributed by atoms with Crippen LogP contribution >= 0.6 is 0 Å². The van der Waals surface area contributed by atoms with Gasteiger partial charge in [-0.2, -0.15) is 0 Å². The molecule has 0 aliphatic carbocycles. The number of para-hydroxylation sites is 1. The SMILES string of the molecule is CC(C)C(N)CC(=O)Nc1c(F)cccc1F. The molecule has 0 saturated carbocycles. The number of carbonyl (C=O) groups is 1. The molecule has 94 valence electrons. The minimum Gasteiger partial charge on any atom is -0.327 e. The Morgan fingerprint density at radius 2 is 1.88 bits per heavy atom. The third-order valence-electron chi connectivity index (χ3n) is 2.50. The lowest BCUT2D eigenvalue weighted by Crippen LogP contribution is -2.31. The highest BCUT2D eigenvalue weighted by atomic mass is 19.1. The topological polar surface area (TPSA) is 55.1 Å². The van der Waals surface area contributed by atoms with Gasteiger partial charge in [0.25, 0.3) is 0 Å². The van der Waals surface area contributed by atoms with E-state index in [9.17, 15) is 13.6 Å². The molecule has 0 aliphatic heterocycles. The summed E-state index contributed by atoms with van der Waals surface area (Å²) >= 11 is 0. The summed E-state index contributed by atoms with van der Waals surface area (Å²) in [5, 5.41) is 2.20. The number of halogens is 2. The third kappa shape index (κ3) is 3.78. The molecule has 0 bridgehead atoms. The fraction of sp³-hybridized carbons (Fsp3) is 0.417. The molecule has 0 aromatic heterocycles. The second-order valence-electron chi connectivity index (χ2n) is 4.26. The Morgan fingerprint density at radius 1 is 1.35 bits per heavy atom. The minimum absolute atomic E-state index is 0.0332. The summed E-state index contributed by atoms with van der Waals surface area (Å²) in [6, 6.07) is 3.08. The normalized spacial score (nSPS) is 12.6. The van der Waals surface area contributed by atoms with Gasteiger partial charge in [-0.15, -0.1) is 0 Å². The van der Waals surface area contributed by atoms with Gasteiger partial charge in [-0.1, -0.05) is 19.9 Å². The first kappa shape index (κ1) is 13.6. The van der Waals surface area contributed by atoms with Crippen molar-refractivity contribution in [3.63, 3.8) is 0 Å². The number of rotatable bonds is 4. The summed E-state index contributed by atoms with van der Waals surface area (Å²) < 4.78 is 26.4. The fourth-order valence-electron chi connectivity index (χ4n) is 1.26. The van der Waals surface area contributed by atoms with Gasteiger partial charge in [0.2, 0.25) is 5.91 Å². The first-order chi connectivity index (χ1) is 7.91. The second kappa shape index (κ2) is 5.72. The molecular weight excluding hydrogens is 226 g/mol. The fourth-order valence-corrected chi connectivity index (χ4v) is 1.26. The molecule has 0 radical (unpaired) electrons. The highest BCUT2D eigenvalue weighted by molar-refractivity contribution is 5.91. The van der Waals surface area contributed by atoms with Crippen molar-refractivity contribution in [2.75, 3.05) is 5.32 Å². The summed E-state index contributed by atoms with van der Waals surface area (Å²) in [5.41, 5.74) is 5.28. The molecule has 1 unspecified atom stereocenters. The lowest BCUT2D eigenvalue weighted by molar-refractivity contribution is -0.116. The van der Waals surface area contributed by atoms with Crippen LogP contribution in [0, 0.1) is 17.6 Å². The van der Waals surface area contributed by atoms with E-state index in [1.165, 1.54) is 6.07 Å². The molecule has 3 N–H and O–H groups in total. The number of nitrogens with two attached hydrogens (primary N) is 1. The van der Waals surface area contributed by atoms with E-state index in [0.29, 0.717) is 0 Å². The van der Waals surface area contributed by atoms with E-state index in [4.69, 9.17) is 5.73 Å². The lowest BCUT2D eigenvalue weighted by atomic mass is 10.0. The average molecular weight is 242 g/mol. The number of anilines is 1. The van der Waals surface area contributed by atoms with Gasteiger partial charge in [-0.25, -0.2) is 8.78 Å². The van der Waals surface area contributed by atoms with E-state index in [2.05, 4.69) is 5.32 Å². The number of carbonyl (C=O) groups excluding carboxylic acids is 1. The molecule has 1 atom stereocenters. The highest BCUT2D eigenvalue weighted by Gasteiger charge is 2.16. The van der Waals surface area contributed by atoms with Crippen LogP contribution in [-0.4, -0.2) is 11.9 Å². The summed E-state index contributed by atoms with van der Waals surface area (Å²) in [4.78, 5) is 11.5. The van der Waals surface area contributed by atoms with Crippen LogP contribution in [-0.2, 0) is 4.79 Å². The van der Waals surface area contributed by atoms with Gasteiger partial charge < -0.3 is 11.1 Å². The molecule has 3 nitrogen and oxygen atoms in total. The first-order valence-electron chi connectivity index (χ1n) is 5.41. The number of nitrogens with one attached hydrogen (secondary N) is 1. The Bertz CT molecular complexity index is 387. The molecule has 1 rings (SSSR count). The first-order valence-corrected chi connectivity index (χ1v) is 5.41. The molecule has 5 heteroatoms. The van der Waals surface area contributed by atoms with Gasteiger partial charge in [0.05, 0.1) is 0 Å². The monoisotopic (exact) mass is 242 g/mol. The zero-order valence-electron chi connectivity index (χ0n) is 9.84. The number of hydrogen-bond donors (Lipinski definition) is 2. The molecule has 0 aliphatic rings. The average Bonchev–Trinajstić information content (AvgIpc) is 2.23. The summed E-state index contributed by atoms with van der Waals surface area (Å²) in [7, 11) is 0. The summed E-state index contributed by atoms with van der Waals surface area (Å²) in [6.45, 7) is 3.75. The van der Waals surface area contributed by atoms with E-state index in [0.717, 1.165) is 12.1 Å². The molecule has 0 heterocycles. The van der Waals surface area contributed by atoms with Crippen LogP contribution in [0.3, 0.4) is 0 Å². The van der Waals surface area contributed by atoms with Crippen molar-refractivity contribution >= 4 is 11.6 Å². The van der Waals surface area contributed by atoms with Gasteiger partial charge in [-0.05, 0) is 18.1 Å². The van der Waals surface area contributed by atoms with E-state index in [1.54, 1.807) is 0 Å². The highest BCUT2D eigenvalue weighted by Crippen LogP contribution is 2.18. The van der Waals surface area contributed by atoms with E-state index in [1.807, 2.05) is 13.8 Å². The summed E-state index contributed by atoms with van der Waals surface area (Å²) in [5.74, 6) is -1.95. The Morgan fingerprint density at radius 3 is 2.35 bits per heavy atom. The number of benzene rings is 1. The van der Waals surface area contributed by atoms with Crippen molar-refractivity contribution in [1.29, 1.82) is 0 Å². The van der Waals surface area contributed by atoms with Gasteiger partial charge in [-0.3, -0.25) is 4.79 Å². The second-order valence-corrected chi connectivity index (χ2v) is 4.26. The number of hydrogen-bond acceptors (Lipinski definition) is 2. The quantitative estimate of drug-likeness (QED) is 0.851. The van der Waals surface area contributed by atoms with Crippen molar-refractivity contribution < 1.29 is 13.6 Å². The van der Waals surface area contributed by atoms with E-state index >= 15 is 0 Å². The van der Waals surface area contributed by atoms with Crippen molar-refractivity contribution in [3.8, 4) is 0 Å². The van der Waals surface area contributed by atoms with Gasteiger partial charge in [0, 0.05) is 12.5 Å². The molecule has 0 saturated heterocycles. The summed E-state index contributed by atoms with van der Waals surface area (Å²) in [6.07, 6.45) is 0.0332. The smallest absolute Gasteiger partial charge is 0.226 e. The maximum Gasteiger partial charge on any atom is 0.226 e. The lowest BCUT2D eigenvalue weighted by Gasteiger charge is -2.15. The molecule has 1 aromatic carbocycles. The number of amides is 1. The molecule has 1 amide bonds. The van der Waals surface area contributed by atoms with Crippen LogP contribution in [0.4, 0.5) is 14.5 Å². The molecule has 1 aromatic rings. The third-order valence-corrected chi connectivity index (χ3v) is 2.50. The Balaban J connectivity index is 2.69. The van der Waals surface area contributed by atoms with Crippen LogP contribution < -0.4 is 11.1 Å². The largest absolute Gasteiger partial charge is 0.327 e. The molecular formula is C12H16F2N2O. The van der Waals surface area contributed by atoms with Crippen molar-refractivity contribution in [2.45, 2.75) is 26.3 Å². The van der Waals surface area contributed by atoms with Gasteiger partial charge in [0.15, 0.2) is 0 Å².